The normalized spacial score (nSPS) is 20.4. The van der Waals surface area contributed by atoms with Gasteiger partial charge in [0.05, 0.1) is 0 Å². The highest BCUT2D eigenvalue weighted by Crippen LogP contribution is 2.35. The van der Waals surface area contributed by atoms with E-state index in [4.69, 9.17) is 0 Å². The van der Waals surface area contributed by atoms with E-state index in [2.05, 4.69) is 73.8 Å². The third-order valence-corrected chi connectivity index (χ3v) is 7.57. The maximum absolute atomic E-state index is 3.00. The Hall–Kier alpha value is -0.520. The summed E-state index contributed by atoms with van der Waals surface area (Å²) in [6, 6.07) is 0. The summed E-state index contributed by atoms with van der Waals surface area (Å²) >= 11 is 0. The fraction of sp³-hybridized carbons (Fsp3) is 0.882. The van der Waals surface area contributed by atoms with Gasteiger partial charge < -0.3 is 0 Å². The molecule has 2 fully saturated rings. The molecule has 2 rings (SSSR count). The molecule has 206 valence electrons. The van der Waals surface area contributed by atoms with Crippen molar-refractivity contribution in [3.8, 4) is 0 Å². The van der Waals surface area contributed by atoms with Crippen LogP contribution in [0.25, 0.3) is 0 Å². The first-order chi connectivity index (χ1) is 16.3. The molecule has 0 aliphatic heterocycles. The minimum atomic E-state index is 0.542. The average Bonchev–Trinajstić information content (AvgIpc) is 3.29. The van der Waals surface area contributed by atoms with Crippen molar-refractivity contribution in [2.75, 3.05) is 0 Å². The summed E-state index contributed by atoms with van der Waals surface area (Å²) in [4.78, 5) is 0. The second-order valence-electron chi connectivity index (χ2n) is 11.4. The van der Waals surface area contributed by atoms with Gasteiger partial charge in [-0.2, -0.15) is 0 Å². The number of unbranched alkanes of at least 4 members (excludes halogenated alkanes) is 2. The Morgan fingerprint density at radius 2 is 1.32 bits per heavy atom. The number of hydrogen-bond donors (Lipinski definition) is 0. The van der Waals surface area contributed by atoms with Crippen LogP contribution < -0.4 is 0 Å². The van der Waals surface area contributed by atoms with E-state index >= 15 is 0 Å². The monoisotopic (exact) mass is 479 g/mol. The Labute approximate surface area is 219 Å². The molecular formula is C34H70. The second-order valence-corrected chi connectivity index (χ2v) is 11.4. The molecule has 2 aliphatic rings. The zero-order valence-corrected chi connectivity index (χ0v) is 25.8. The molecule has 0 amide bonds. The molecule has 2 saturated carbocycles. The summed E-state index contributed by atoms with van der Waals surface area (Å²) in [5, 5.41) is 0. The van der Waals surface area contributed by atoms with E-state index in [-0.39, 0.29) is 0 Å². The minimum absolute atomic E-state index is 0.542. The Morgan fingerprint density at radius 3 is 1.68 bits per heavy atom. The molecule has 0 nitrogen and oxygen atoms in total. The van der Waals surface area contributed by atoms with E-state index < -0.39 is 0 Å². The first kappa shape index (κ1) is 38.0. The van der Waals surface area contributed by atoms with Gasteiger partial charge in [-0.1, -0.05) is 170 Å². The van der Waals surface area contributed by atoms with Crippen molar-refractivity contribution >= 4 is 0 Å². The predicted octanol–water partition coefficient (Wildman–Crippen LogP) is 13.0. The van der Waals surface area contributed by atoms with Crippen LogP contribution >= 0.6 is 0 Å². The van der Waals surface area contributed by atoms with Gasteiger partial charge in [-0.05, 0) is 36.5 Å². The van der Waals surface area contributed by atoms with Crippen molar-refractivity contribution in [2.45, 2.75) is 171 Å². The standard InChI is InChI=1S/C18H34.C6H12.C6H14.C2H6.C2H4/c1-4-6-12-17(5-2)13-8-7-9-14-18-15-10-11-16(18)3;1-2-4-6-5-3-1;1-5-6(2,3)4;2*1-2/h4,6,16-18H,5,7-15H2,1-3H3;1-6H2;5H2,1-4H3;1-2H3;1-2H2/b6-4-;;;;. The number of rotatable bonds is 9. The summed E-state index contributed by atoms with van der Waals surface area (Å²) < 4.78 is 0. The topological polar surface area (TPSA) is 0 Å². The summed E-state index contributed by atoms with van der Waals surface area (Å²) in [5.74, 6) is 3.02. The lowest BCUT2D eigenvalue weighted by molar-refractivity contribution is 0.367. The number of allylic oxidation sites excluding steroid dienone is 2. The first-order valence-electron chi connectivity index (χ1n) is 15.4. The van der Waals surface area contributed by atoms with Gasteiger partial charge in [0.15, 0.2) is 0 Å². The predicted molar refractivity (Wildman–Crippen MR) is 163 cm³/mol. The Balaban J connectivity index is -0.000000490. The van der Waals surface area contributed by atoms with Crippen LogP contribution in [0.3, 0.4) is 0 Å². The van der Waals surface area contributed by atoms with Crippen LogP contribution in [0.5, 0.6) is 0 Å². The van der Waals surface area contributed by atoms with Crippen LogP contribution in [0.15, 0.2) is 25.3 Å². The highest BCUT2D eigenvalue weighted by Gasteiger charge is 2.22. The third kappa shape index (κ3) is 27.7. The quantitative estimate of drug-likeness (QED) is 0.228. The molecular weight excluding hydrogens is 408 g/mol. The van der Waals surface area contributed by atoms with Gasteiger partial charge in [-0.25, -0.2) is 0 Å². The van der Waals surface area contributed by atoms with E-state index in [1.54, 1.807) is 0 Å². The van der Waals surface area contributed by atoms with Gasteiger partial charge in [-0.15, -0.1) is 13.2 Å². The molecule has 0 heteroatoms. The zero-order valence-electron chi connectivity index (χ0n) is 25.8. The maximum atomic E-state index is 3.00. The van der Waals surface area contributed by atoms with Gasteiger partial charge >= 0.3 is 0 Å². The summed E-state index contributed by atoms with van der Waals surface area (Å²) in [6.07, 6.45) is 29.3. The fourth-order valence-electron chi connectivity index (χ4n) is 4.55. The Bertz CT molecular complexity index is 370. The molecule has 0 aromatic rings. The molecule has 0 bridgehead atoms. The van der Waals surface area contributed by atoms with Crippen LogP contribution in [0.1, 0.15) is 171 Å². The van der Waals surface area contributed by atoms with E-state index in [1.165, 1.54) is 109 Å². The lowest BCUT2D eigenvalue weighted by Crippen LogP contribution is -2.03. The molecule has 0 N–H and O–H groups in total. The highest BCUT2D eigenvalue weighted by molar-refractivity contribution is 4.80. The van der Waals surface area contributed by atoms with E-state index in [1.807, 2.05) is 13.8 Å². The van der Waals surface area contributed by atoms with Crippen LogP contribution in [0, 0.1) is 23.2 Å². The van der Waals surface area contributed by atoms with Crippen molar-refractivity contribution in [1.29, 1.82) is 0 Å². The summed E-state index contributed by atoms with van der Waals surface area (Å²) in [5.41, 5.74) is 0.542. The zero-order chi connectivity index (χ0) is 26.7. The smallest absolute Gasteiger partial charge is 0.0322 e. The lowest BCUT2D eigenvalue weighted by atomic mass is 9.90. The van der Waals surface area contributed by atoms with Crippen LogP contribution in [0.2, 0.25) is 0 Å². The van der Waals surface area contributed by atoms with E-state index in [0.717, 1.165) is 17.8 Å². The molecule has 3 unspecified atom stereocenters. The lowest BCUT2D eigenvalue weighted by Gasteiger charge is -2.15. The SMILES string of the molecule is C/C=C\CC(CC)CCCCCC1CCCC1C.C1CCCCC1.C=C.CC.CCC(C)(C)C. The van der Waals surface area contributed by atoms with Gasteiger partial charge in [0, 0.05) is 0 Å². The molecule has 0 radical (unpaired) electrons. The average molecular weight is 479 g/mol. The first-order valence-corrected chi connectivity index (χ1v) is 15.4. The van der Waals surface area contributed by atoms with Crippen molar-refractivity contribution in [3.05, 3.63) is 25.3 Å². The molecule has 0 aromatic heterocycles. The summed E-state index contributed by atoms with van der Waals surface area (Å²) in [6.45, 7) is 25.9. The minimum Gasteiger partial charge on any atom is -0.106 e. The largest absolute Gasteiger partial charge is 0.106 e. The molecule has 0 spiro atoms. The van der Waals surface area contributed by atoms with Crippen LogP contribution in [-0.2, 0) is 0 Å². The molecule has 0 heterocycles. The van der Waals surface area contributed by atoms with Gasteiger partial charge in [0.1, 0.15) is 0 Å². The number of hydrogen-bond acceptors (Lipinski definition) is 0. The fourth-order valence-corrected chi connectivity index (χ4v) is 4.55. The molecule has 34 heavy (non-hydrogen) atoms. The Kier molecular flexibility index (Phi) is 32.1. The molecule has 0 aromatic carbocycles. The maximum Gasteiger partial charge on any atom is -0.0322 e. The van der Waals surface area contributed by atoms with E-state index in [9.17, 15) is 0 Å². The van der Waals surface area contributed by atoms with E-state index in [0.29, 0.717) is 5.41 Å². The van der Waals surface area contributed by atoms with Crippen molar-refractivity contribution < 1.29 is 0 Å². The van der Waals surface area contributed by atoms with Crippen LogP contribution in [0.4, 0.5) is 0 Å². The van der Waals surface area contributed by atoms with Crippen molar-refractivity contribution in [2.24, 2.45) is 23.2 Å². The van der Waals surface area contributed by atoms with Gasteiger partial charge in [0.2, 0.25) is 0 Å². The van der Waals surface area contributed by atoms with Crippen LogP contribution in [-0.4, -0.2) is 0 Å². The summed E-state index contributed by atoms with van der Waals surface area (Å²) in [7, 11) is 0. The Morgan fingerprint density at radius 1 is 0.824 bits per heavy atom. The van der Waals surface area contributed by atoms with Gasteiger partial charge in [0.25, 0.3) is 0 Å². The second kappa shape index (κ2) is 28.7. The van der Waals surface area contributed by atoms with Crippen molar-refractivity contribution in [3.63, 3.8) is 0 Å². The molecule has 0 saturated heterocycles. The third-order valence-electron chi connectivity index (χ3n) is 7.57. The van der Waals surface area contributed by atoms with Crippen molar-refractivity contribution in [1.82, 2.24) is 0 Å². The van der Waals surface area contributed by atoms with Gasteiger partial charge in [-0.3, -0.25) is 0 Å². The molecule has 3 atom stereocenters. The molecule has 2 aliphatic carbocycles. The highest BCUT2D eigenvalue weighted by atomic mass is 14.3.